The second kappa shape index (κ2) is 11.7. The Labute approximate surface area is 206 Å². The van der Waals surface area contributed by atoms with Crippen molar-refractivity contribution in [2.24, 2.45) is 5.10 Å². The molecule has 0 aliphatic rings. The highest BCUT2D eigenvalue weighted by Gasteiger charge is 2.17. The fourth-order valence-corrected chi connectivity index (χ4v) is 3.06. The maximum Gasteiger partial charge on any atom is 0.343 e. The fraction of sp³-hybridized carbons (Fsp3) is 0.120. The van der Waals surface area contributed by atoms with Crippen molar-refractivity contribution in [3.05, 3.63) is 82.9 Å². The van der Waals surface area contributed by atoms with Gasteiger partial charge < -0.3 is 19.5 Å². The molecule has 3 rings (SSSR count). The molecule has 10 heteroatoms. The van der Waals surface area contributed by atoms with Gasteiger partial charge in [-0.05, 0) is 55.5 Å². The van der Waals surface area contributed by atoms with Crippen LogP contribution >= 0.6 is 11.6 Å². The first kappa shape index (κ1) is 25.3. The molecule has 0 radical (unpaired) electrons. The number of amides is 2. The summed E-state index contributed by atoms with van der Waals surface area (Å²) in [6.45, 7) is 1.60. The van der Waals surface area contributed by atoms with Crippen molar-refractivity contribution in [2.45, 2.75) is 6.92 Å². The van der Waals surface area contributed by atoms with Crippen LogP contribution in [0.25, 0.3) is 0 Å². The number of benzene rings is 3. The topological polar surface area (TPSA) is 115 Å². The second-order valence-corrected chi connectivity index (χ2v) is 7.49. The van der Waals surface area contributed by atoms with Crippen molar-refractivity contribution < 1.29 is 28.6 Å². The van der Waals surface area contributed by atoms with Crippen molar-refractivity contribution in [3.8, 4) is 17.2 Å². The largest absolute Gasteiger partial charge is 0.497 e. The number of anilines is 1. The maximum atomic E-state index is 12.5. The lowest BCUT2D eigenvalue weighted by Crippen LogP contribution is -2.33. The van der Waals surface area contributed by atoms with Crippen LogP contribution in [0.15, 0.2) is 71.8 Å². The Morgan fingerprint density at radius 3 is 2.26 bits per heavy atom. The Morgan fingerprint density at radius 2 is 1.57 bits per heavy atom. The number of rotatable bonds is 7. The average molecular weight is 496 g/mol. The number of ether oxygens (including phenoxy) is 3. The summed E-state index contributed by atoms with van der Waals surface area (Å²) in [6, 6.07) is 17.7. The van der Waals surface area contributed by atoms with Crippen LogP contribution in [0.4, 0.5) is 5.69 Å². The van der Waals surface area contributed by atoms with E-state index < -0.39 is 17.8 Å². The predicted molar refractivity (Wildman–Crippen MR) is 131 cm³/mol. The van der Waals surface area contributed by atoms with Gasteiger partial charge in [0.05, 0.1) is 31.2 Å². The van der Waals surface area contributed by atoms with Crippen molar-refractivity contribution in [3.63, 3.8) is 0 Å². The van der Waals surface area contributed by atoms with E-state index in [2.05, 4.69) is 15.8 Å². The molecule has 2 N–H and O–H groups in total. The second-order valence-electron chi connectivity index (χ2n) is 7.05. The van der Waals surface area contributed by atoms with Gasteiger partial charge >= 0.3 is 17.8 Å². The molecule has 0 aliphatic carbocycles. The molecule has 0 aliphatic heterocycles. The third kappa shape index (κ3) is 6.58. The molecule has 180 valence electrons. The molecule has 0 bridgehead atoms. The molecule has 3 aromatic carbocycles. The third-order valence-electron chi connectivity index (χ3n) is 4.75. The van der Waals surface area contributed by atoms with Crippen molar-refractivity contribution in [1.29, 1.82) is 0 Å². The van der Waals surface area contributed by atoms with E-state index >= 15 is 0 Å². The normalized spacial score (nSPS) is 10.8. The summed E-state index contributed by atoms with van der Waals surface area (Å²) >= 11 is 5.86. The minimum absolute atomic E-state index is 0.230. The summed E-state index contributed by atoms with van der Waals surface area (Å²) in [5, 5.41) is 6.93. The first-order valence-electron chi connectivity index (χ1n) is 10.3. The van der Waals surface area contributed by atoms with E-state index in [9.17, 15) is 14.4 Å². The molecule has 0 atom stereocenters. The highest BCUT2D eigenvalue weighted by Crippen LogP contribution is 2.28. The number of carbonyl (C=O) groups excluding carboxylic acids is 3. The molecular formula is C25H22ClN3O6. The highest BCUT2D eigenvalue weighted by molar-refractivity contribution is 6.39. The van der Waals surface area contributed by atoms with Gasteiger partial charge in [0.15, 0.2) is 0 Å². The van der Waals surface area contributed by atoms with E-state index in [1.165, 1.54) is 20.3 Å². The molecule has 2 amide bonds. The molecule has 0 fully saturated rings. The molecule has 0 spiro atoms. The molecular weight excluding hydrogens is 474 g/mol. The van der Waals surface area contributed by atoms with Crippen LogP contribution in [0, 0.1) is 0 Å². The van der Waals surface area contributed by atoms with Crippen LogP contribution in [0.3, 0.4) is 0 Å². The Bertz CT molecular complexity index is 1270. The van der Waals surface area contributed by atoms with Crippen LogP contribution < -0.4 is 25.0 Å². The van der Waals surface area contributed by atoms with Crippen molar-refractivity contribution in [1.82, 2.24) is 5.43 Å². The average Bonchev–Trinajstić information content (AvgIpc) is 2.87. The lowest BCUT2D eigenvalue weighted by molar-refractivity contribution is -0.136. The standard InChI is InChI=1S/C25H22ClN3O6/c1-15(19-6-4-5-7-21(19)35-25(32)16-8-10-17(26)11-9-16)28-29-24(31)23(30)27-20-14-18(33-2)12-13-22(20)34-3/h4-14H,1-3H3,(H,27,30)(H,29,31)/b28-15+. The minimum atomic E-state index is -1.01. The Hall–Kier alpha value is -4.37. The van der Waals surface area contributed by atoms with Gasteiger partial charge in [-0.25, -0.2) is 10.2 Å². The monoisotopic (exact) mass is 495 g/mol. The van der Waals surface area contributed by atoms with E-state index in [0.29, 0.717) is 33.4 Å². The number of hydrogen-bond acceptors (Lipinski definition) is 7. The van der Waals surface area contributed by atoms with E-state index in [1.54, 1.807) is 67.6 Å². The number of esters is 1. The number of carbonyl (C=O) groups is 3. The van der Waals surface area contributed by atoms with Crippen molar-refractivity contribution in [2.75, 3.05) is 19.5 Å². The Morgan fingerprint density at radius 1 is 0.857 bits per heavy atom. The third-order valence-corrected chi connectivity index (χ3v) is 5.00. The highest BCUT2D eigenvalue weighted by atomic mass is 35.5. The van der Waals surface area contributed by atoms with Crippen LogP contribution in [-0.4, -0.2) is 37.7 Å². The van der Waals surface area contributed by atoms with Crippen molar-refractivity contribution >= 4 is 40.8 Å². The first-order valence-corrected chi connectivity index (χ1v) is 10.6. The quantitative estimate of drug-likeness (QED) is 0.168. The van der Waals surface area contributed by atoms with Gasteiger partial charge in [-0.1, -0.05) is 23.7 Å². The Kier molecular flexibility index (Phi) is 8.42. The number of hydrogen-bond donors (Lipinski definition) is 2. The molecule has 9 nitrogen and oxygen atoms in total. The summed E-state index contributed by atoms with van der Waals surface area (Å²) < 4.78 is 15.8. The van der Waals surface area contributed by atoms with E-state index in [0.717, 1.165) is 0 Å². The van der Waals surface area contributed by atoms with Gasteiger partial charge in [0.1, 0.15) is 17.2 Å². The number of halogens is 1. The zero-order valence-corrected chi connectivity index (χ0v) is 19.9. The van der Waals surface area contributed by atoms with Gasteiger partial charge in [0, 0.05) is 16.7 Å². The fourth-order valence-electron chi connectivity index (χ4n) is 2.94. The van der Waals surface area contributed by atoms with E-state index in [1.807, 2.05) is 0 Å². The van der Waals surface area contributed by atoms with E-state index in [-0.39, 0.29) is 11.4 Å². The Balaban J connectivity index is 1.70. The smallest absolute Gasteiger partial charge is 0.343 e. The molecule has 0 unspecified atom stereocenters. The zero-order valence-electron chi connectivity index (χ0n) is 19.1. The number of methoxy groups -OCH3 is 2. The molecule has 0 aromatic heterocycles. The van der Waals surface area contributed by atoms with Gasteiger partial charge in [0.2, 0.25) is 0 Å². The van der Waals surface area contributed by atoms with Crippen LogP contribution in [0.1, 0.15) is 22.8 Å². The van der Waals surface area contributed by atoms with Gasteiger partial charge in [-0.3, -0.25) is 9.59 Å². The van der Waals surface area contributed by atoms with Gasteiger partial charge in [0.25, 0.3) is 0 Å². The molecule has 3 aromatic rings. The van der Waals surface area contributed by atoms with Gasteiger partial charge in [-0.15, -0.1) is 0 Å². The first-order chi connectivity index (χ1) is 16.8. The maximum absolute atomic E-state index is 12.5. The zero-order chi connectivity index (χ0) is 25.4. The predicted octanol–water partition coefficient (Wildman–Crippen LogP) is 4.06. The number of nitrogens with one attached hydrogen (secondary N) is 2. The van der Waals surface area contributed by atoms with Gasteiger partial charge in [-0.2, -0.15) is 5.10 Å². The number of nitrogens with zero attached hydrogens (tertiary/aromatic N) is 1. The van der Waals surface area contributed by atoms with Crippen LogP contribution in [-0.2, 0) is 9.59 Å². The lowest BCUT2D eigenvalue weighted by atomic mass is 10.1. The summed E-state index contributed by atoms with van der Waals surface area (Å²) in [6.07, 6.45) is 0. The molecule has 0 heterocycles. The van der Waals surface area contributed by atoms with Crippen LogP contribution in [0.5, 0.6) is 17.2 Å². The number of para-hydroxylation sites is 1. The van der Waals surface area contributed by atoms with Crippen LogP contribution in [0.2, 0.25) is 5.02 Å². The minimum Gasteiger partial charge on any atom is -0.497 e. The summed E-state index contributed by atoms with van der Waals surface area (Å²) in [7, 11) is 2.91. The SMILES string of the molecule is COc1ccc(OC)c(NC(=O)C(=O)N/N=C(\C)c2ccccc2OC(=O)c2ccc(Cl)cc2)c1. The molecule has 0 saturated carbocycles. The molecule has 35 heavy (non-hydrogen) atoms. The summed E-state index contributed by atoms with van der Waals surface area (Å²) in [4.78, 5) is 37.1. The summed E-state index contributed by atoms with van der Waals surface area (Å²) in [5.41, 5.74) is 3.53. The summed E-state index contributed by atoms with van der Waals surface area (Å²) in [5.74, 6) is -1.50. The molecule has 0 saturated heterocycles. The number of hydrazone groups is 1. The van der Waals surface area contributed by atoms with E-state index in [4.69, 9.17) is 25.8 Å². The lowest BCUT2D eigenvalue weighted by Gasteiger charge is -2.12.